The Bertz CT molecular complexity index is 2240. The van der Waals surface area contributed by atoms with Crippen molar-refractivity contribution < 1.29 is 79.3 Å². The summed E-state index contributed by atoms with van der Waals surface area (Å²) in [6.45, 7) is -0.141. The normalized spacial score (nSPS) is 25.5. The summed E-state index contributed by atoms with van der Waals surface area (Å²) in [5.74, 6) is 0. The molecule has 55 heavy (non-hydrogen) atoms. The zero-order valence-electron chi connectivity index (χ0n) is 28.6. The van der Waals surface area contributed by atoms with Crippen molar-refractivity contribution in [2.75, 3.05) is 26.2 Å². The first kappa shape index (κ1) is 41.9. The highest BCUT2D eigenvalue weighted by molar-refractivity contribution is 7.69. The van der Waals surface area contributed by atoms with Crippen molar-refractivity contribution in [1.82, 2.24) is 14.0 Å². The standard InChI is InChI=1S/C30H37N3O18P4/c1-20-7-5-10-22(15-20)23-17-33-25(31-23)11-12-32(30(33)35)29-28-27(47-26(48-28)16-21-8-3-2-4-9-21)24(46-29)18-45-53(38,39)50-55(42,43)51-54(40,41)49-52(36,37)14-6-13-44-19-34/h2-5,7-12,15,17,24,26-29,34H,6,13-14,16,18-19H2,1H3,(H,36,37)(H,38,39)(H,40,41)(H,42,43)/p-4/t24-,26?,27?,28+,29-/m1/s1. The number of hydrogen-bond acceptors (Lipinski definition) is 19. The van der Waals surface area contributed by atoms with E-state index in [4.69, 9.17) is 23.8 Å². The van der Waals surface area contributed by atoms with Crippen molar-refractivity contribution in [1.29, 1.82) is 0 Å². The average Bonchev–Trinajstić information content (AvgIpc) is 3.79. The zero-order chi connectivity index (χ0) is 39.6. The second-order valence-corrected chi connectivity index (χ2v) is 18.8. The molecule has 9 atom stereocenters. The number of nitrogens with zero attached hydrogens (tertiary/aromatic N) is 3. The van der Waals surface area contributed by atoms with Crippen LogP contribution in [0.1, 0.15) is 23.8 Å². The number of aliphatic hydroxyl groups is 1. The van der Waals surface area contributed by atoms with E-state index in [1.807, 2.05) is 49.4 Å². The number of aromatic nitrogens is 3. The van der Waals surface area contributed by atoms with Crippen molar-refractivity contribution in [3.8, 4) is 11.3 Å². The van der Waals surface area contributed by atoms with Crippen LogP contribution in [0.5, 0.6) is 0 Å². The molecule has 25 heteroatoms. The summed E-state index contributed by atoms with van der Waals surface area (Å²) in [5.41, 5.74) is 2.83. The third kappa shape index (κ3) is 10.8. The summed E-state index contributed by atoms with van der Waals surface area (Å²) in [6.07, 6.45) is -3.74. The van der Waals surface area contributed by atoms with Crippen LogP contribution >= 0.6 is 31.1 Å². The zero-order valence-corrected chi connectivity index (χ0v) is 32.2. The molecule has 0 saturated carbocycles. The Morgan fingerprint density at radius 1 is 0.873 bits per heavy atom. The summed E-state index contributed by atoms with van der Waals surface area (Å²) in [5, 5.41) is 8.55. The van der Waals surface area contributed by atoms with Gasteiger partial charge in [0.1, 0.15) is 38.3 Å². The third-order valence-electron chi connectivity index (χ3n) is 8.11. The van der Waals surface area contributed by atoms with Crippen molar-refractivity contribution in [2.24, 2.45) is 0 Å². The van der Waals surface area contributed by atoms with Gasteiger partial charge >= 0.3 is 5.69 Å². The van der Waals surface area contributed by atoms with E-state index in [1.165, 1.54) is 15.2 Å². The lowest BCUT2D eigenvalue weighted by Crippen LogP contribution is -2.35. The van der Waals surface area contributed by atoms with Gasteiger partial charge in [0.25, 0.3) is 23.5 Å². The smallest absolute Gasteiger partial charge is 0.336 e. The van der Waals surface area contributed by atoms with E-state index in [2.05, 4.69) is 22.7 Å². The van der Waals surface area contributed by atoms with Gasteiger partial charge in [-0.25, -0.2) is 18.4 Å². The summed E-state index contributed by atoms with van der Waals surface area (Å²) < 4.78 is 90.1. The molecule has 4 aromatic rings. The molecular weight excluding hydrogens is 814 g/mol. The molecule has 2 aromatic carbocycles. The van der Waals surface area contributed by atoms with Crippen LogP contribution < -0.4 is 25.3 Å². The first-order chi connectivity index (χ1) is 25.9. The Hall–Kier alpha value is -2.74. The molecule has 0 bridgehead atoms. The number of imidazole rings is 1. The quantitative estimate of drug-likeness (QED) is 0.0833. The van der Waals surface area contributed by atoms with Crippen molar-refractivity contribution in [3.63, 3.8) is 0 Å². The number of phosphoric acid groups is 3. The Morgan fingerprint density at radius 3 is 2.31 bits per heavy atom. The number of aryl methyl sites for hydroxylation is 1. The lowest BCUT2D eigenvalue weighted by Gasteiger charge is -2.36. The van der Waals surface area contributed by atoms with E-state index in [0.29, 0.717) is 11.3 Å². The molecule has 2 aliphatic rings. The van der Waals surface area contributed by atoms with Gasteiger partial charge in [-0.15, -0.1) is 0 Å². The van der Waals surface area contributed by atoms with Crippen molar-refractivity contribution >= 4 is 36.7 Å². The van der Waals surface area contributed by atoms with Gasteiger partial charge in [0.2, 0.25) is 0 Å². The highest BCUT2D eigenvalue weighted by Gasteiger charge is 2.54. The lowest BCUT2D eigenvalue weighted by atomic mass is 10.1. The molecule has 1 N–H and O–H groups in total. The molecule has 0 spiro atoms. The van der Waals surface area contributed by atoms with E-state index in [-0.39, 0.29) is 19.4 Å². The van der Waals surface area contributed by atoms with Crippen LogP contribution in [0.15, 0.2) is 77.9 Å². The van der Waals surface area contributed by atoms with E-state index in [9.17, 15) is 42.6 Å². The monoisotopic (exact) mass is 847 g/mol. The van der Waals surface area contributed by atoms with Crippen LogP contribution in [-0.4, -0.2) is 69.8 Å². The maximum absolute atomic E-state index is 13.8. The van der Waals surface area contributed by atoms with Gasteiger partial charge in [0.15, 0.2) is 12.5 Å². The van der Waals surface area contributed by atoms with Crippen LogP contribution in [0, 0.1) is 6.92 Å². The molecule has 0 radical (unpaired) electrons. The molecule has 0 aliphatic carbocycles. The first-order valence-electron chi connectivity index (χ1n) is 16.3. The van der Waals surface area contributed by atoms with E-state index >= 15 is 0 Å². The van der Waals surface area contributed by atoms with E-state index in [0.717, 1.165) is 16.7 Å². The molecule has 2 aromatic heterocycles. The number of phosphoric ester groups is 1. The average molecular weight is 847 g/mol. The van der Waals surface area contributed by atoms with Crippen molar-refractivity contribution in [2.45, 2.75) is 50.6 Å². The van der Waals surface area contributed by atoms with Gasteiger partial charge in [-0.1, -0.05) is 54.1 Å². The molecule has 4 heterocycles. The fraction of sp³-hybridized carbons (Fsp3) is 0.400. The first-order valence-corrected chi connectivity index (χ1v) is 22.4. The minimum absolute atomic E-state index is 0.243. The fourth-order valence-electron chi connectivity index (χ4n) is 5.88. The van der Waals surface area contributed by atoms with Crippen LogP contribution in [-0.2, 0) is 61.1 Å². The van der Waals surface area contributed by atoms with Crippen LogP contribution in [0.2, 0.25) is 0 Å². The van der Waals surface area contributed by atoms with Crippen molar-refractivity contribution in [3.05, 3.63) is 94.7 Å². The largest absolute Gasteiger partial charge is 0.778 e. The van der Waals surface area contributed by atoms with Gasteiger partial charge in [-0.3, -0.25) is 27.0 Å². The van der Waals surface area contributed by atoms with Crippen LogP contribution in [0.3, 0.4) is 0 Å². The number of hydrogen-bond donors (Lipinski definition) is 1. The van der Waals surface area contributed by atoms with Gasteiger partial charge in [-0.05, 0) is 31.0 Å². The summed E-state index contributed by atoms with van der Waals surface area (Å²) in [6, 6.07) is 18.1. The van der Waals surface area contributed by atoms with Crippen LogP contribution in [0.25, 0.3) is 16.9 Å². The van der Waals surface area contributed by atoms with Gasteiger partial charge < -0.3 is 52.7 Å². The molecule has 300 valence electrons. The number of fused-ring (bicyclic) bond motifs is 2. The minimum atomic E-state index is -6.42. The van der Waals surface area contributed by atoms with Gasteiger partial charge in [0, 0.05) is 37.1 Å². The Kier molecular flexibility index (Phi) is 12.9. The van der Waals surface area contributed by atoms with Gasteiger partial charge in [0.05, 0.1) is 12.3 Å². The maximum Gasteiger partial charge on any atom is 0.336 e. The molecule has 2 aliphatic heterocycles. The third-order valence-corrected chi connectivity index (χ3v) is 14.4. The van der Waals surface area contributed by atoms with Gasteiger partial charge in [-0.2, -0.15) is 0 Å². The summed E-state index contributed by atoms with van der Waals surface area (Å²) in [4.78, 5) is 67.2. The Labute approximate surface area is 312 Å². The molecular formula is C30H33N3O18P4-4. The SMILES string of the molecule is Cc1cccc(-c2cn3c(=O)n([C@@H]4O[C@H](COP(=O)([O-])OP(=O)([O-])OP(=O)([O-])OP(=O)([O-])CCCOCO)C5OC(Cc6ccccc6)O[C@@H]54)ccc3n2)c1. The maximum atomic E-state index is 13.8. The van der Waals surface area contributed by atoms with E-state index in [1.54, 1.807) is 24.4 Å². The number of benzene rings is 2. The Morgan fingerprint density at radius 2 is 1.58 bits per heavy atom. The highest BCUT2D eigenvalue weighted by atomic mass is 31.3. The molecule has 2 saturated heterocycles. The second kappa shape index (κ2) is 17.0. The number of aliphatic hydroxyl groups excluding tert-OH is 1. The minimum Gasteiger partial charge on any atom is -0.778 e. The predicted octanol–water partition coefficient (Wildman–Crippen LogP) is 1.10. The topological polar surface area (TPSA) is 294 Å². The van der Waals surface area contributed by atoms with E-state index < -0.39 is 87.1 Å². The molecule has 6 rings (SSSR count). The number of ether oxygens (including phenoxy) is 4. The molecule has 0 amide bonds. The Balaban J connectivity index is 1.17. The lowest BCUT2D eigenvalue weighted by molar-refractivity contribution is -0.251. The highest BCUT2D eigenvalue weighted by Crippen LogP contribution is 2.66. The fourth-order valence-corrected chi connectivity index (χ4v) is 11.2. The molecule has 2 fully saturated rings. The molecule has 21 nitrogen and oxygen atoms in total. The number of rotatable bonds is 18. The molecule has 6 unspecified atom stereocenters. The summed E-state index contributed by atoms with van der Waals surface area (Å²) >= 11 is 0. The predicted molar refractivity (Wildman–Crippen MR) is 179 cm³/mol. The van der Waals surface area contributed by atoms with Crippen LogP contribution in [0.4, 0.5) is 0 Å². The summed E-state index contributed by atoms with van der Waals surface area (Å²) in [7, 11) is -24.0. The second-order valence-electron chi connectivity index (χ2n) is 12.2.